The minimum Gasteiger partial charge on any atom is -0.347 e. The smallest absolute Gasteiger partial charge is 0.324 e. The van der Waals surface area contributed by atoms with Crippen molar-refractivity contribution >= 4 is 22.2 Å². The van der Waals surface area contributed by atoms with E-state index in [-0.39, 0.29) is 17.0 Å². The van der Waals surface area contributed by atoms with Crippen molar-refractivity contribution in [3.05, 3.63) is 27.1 Å². The number of rotatable bonds is 3. The number of piperidine rings is 3. The highest BCUT2D eigenvalue weighted by molar-refractivity contribution is 7.17. The van der Waals surface area contributed by atoms with Gasteiger partial charge in [-0.15, -0.1) is 0 Å². The molecule has 2 atom stereocenters. The molecule has 1 amide bonds. The van der Waals surface area contributed by atoms with Gasteiger partial charge in [0.1, 0.15) is 0 Å². The van der Waals surface area contributed by atoms with Crippen LogP contribution >= 0.6 is 11.3 Å². The number of nitrogens with zero attached hydrogens (tertiary/aromatic N) is 2. The number of amides is 1. The summed E-state index contributed by atoms with van der Waals surface area (Å²) in [6, 6.07) is 3.43. The first kappa shape index (κ1) is 13.5. The first-order valence-corrected chi connectivity index (χ1v) is 7.67. The fourth-order valence-electron chi connectivity index (χ4n) is 3.32. The normalized spacial score (nSPS) is 32.0. The van der Waals surface area contributed by atoms with E-state index in [1.165, 1.54) is 12.1 Å². The summed E-state index contributed by atoms with van der Waals surface area (Å²) in [5.74, 6) is 0.350. The Morgan fingerprint density at radius 3 is 2.70 bits per heavy atom. The van der Waals surface area contributed by atoms with Gasteiger partial charge < -0.3 is 5.32 Å². The number of hydrogen-bond acceptors (Lipinski definition) is 5. The standard InChI is InChI=1S/C13H17N3O3S/c1-8-12(9-4-6-15(8)7-5-9)14-13(17)10-2-3-11(20-10)16(18)19/h2-3,8-9,12H,4-7H2,1H3,(H,14,17)/t8-,12-/m0/s1/i13+1. The van der Waals surface area contributed by atoms with Crippen molar-refractivity contribution < 1.29 is 9.72 Å². The molecule has 2 bridgehead atoms. The SMILES string of the molecule is C[C@H]1[C@H](N[13C](=O)c2ccc([N+](=O)[O-])s2)C2CCN1CC2. The van der Waals surface area contributed by atoms with Gasteiger partial charge in [-0.25, -0.2) is 0 Å². The lowest BCUT2D eigenvalue weighted by Gasteiger charge is -2.49. The molecule has 0 aliphatic carbocycles. The molecule has 3 aliphatic rings. The maximum absolute atomic E-state index is 12.2. The van der Waals surface area contributed by atoms with Crippen molar-refractivity contribution in [1.82, 2.24) is 10.2 Å². The molecule has 4 heterocycles. The van der Waals surface area contributed by atoms with Crippen LogP contribution in [0.3, 0.4) is 0 Å². The average Bonchev–Trinajstić information content (AvgIpc) is 2.93. The fourth-order valence-corrected chi connectivity index (χ4v) is 4.04. The van der Waals surface area contributed by atoms with E-state index in [4.69, 9.17) is 0 Å². The lowest BCUT2D eigenvalue weighted by atomic mass is 9.79. The van der Waals surface area contributed by atoms with Crippen LogP contribution in [0.25, 0.3) is 0 Å². The molecule has 0 radical (unpaired) electrons. The van der Waals surface area contributed by atoms with Gasteiger partial charge in [-0.1, -0.05) is 11.3 Å². The van der Waals surface area contributed by atoms with E-state index < -0.39 is 4.92 Å². The minimum atomic E-state index is -0.460. The maximum atomic E-state index is 12.2. The second kappa shape index (κ2) is 5.14. The average molecular weight is 296 g/mol. The van der Waals surface area contributed by atoms with Crippen molar-refractivity contribution in [2.75, 3.05) is 13.1 Å². The summed E-state index contributed by atoms with van der Waals surface area (Å²) in [4.78, 5) is 25.3. The molecule has 1 aromatic rings. The molecule has 3 fully saturated rings. The summed E-state index contributed by atoms with van der Waals surface area (Å²) < 4.78 is 0. The van der Waals surface area contributed by atoms with E-state index in [1.54, 1.807) is 0 Å². The van der Waals surface area contributed by atoms with Gasteiger partial charge in [0, 0.05) is 18.2 Å². The van der Waals surface area contributed by atoms with E-state index in [0.29, 0.717) is 16.8 Å². The molecule has 0 saturated carbocycles. The molecule has 0 spiro atoms. The third-order valence-corrected chi connectivity index (χ3v) is 5.51. The number of thiophene rings is 1. The van der Waals surface area contributed by atoms with Crippen molar-refractivity contribution in [2.45, 2.75) is 31.8 Å². The van der Waals surface area contributed by atoms with Crippen LogP contribution in [0.1, 0.15) is 29.4 Å². The first-order valence-electron chi connectivity index (χ1n) is 6.85. The Bertz CT molecular complexity index is 535. The number of fused-ring (bicyclic) bond motifs is 3. The molecule has 0 aromatic carbocycles. The van der Waals surface area contributed by atoms with Crippen molar-refractivity contribution in [3.63, 3.8) is 0 Å². The van der Waals surface area contributed by atoms with Gasteiger partial charge in [0.05, 0.1) is 9.80 Å². The molecular weight excluding hydrogens is 279 g/mol. The van der Waals surface area contributed by atoms with Crippen LogP contribution in [0, 0.1) is 16.0 Å². The van der Waals surface area contributed by atoms with Crippen molar-refractivity contribution in [1.29, 1.82) is 0 Å². The maximum Gasteiger partial charge on any atom is 0.324 e. The zero-order chi connectivity index (χ0) is 14.3. The number of nitro groups is 1. The van der Waals surface area contributed by atoms with Gasteiger partial charge in [0.25, 0.3) is 5.91 Å². The molecule has 0 unspecified atom stereocenters. The van der Waals surface area contributed by atoms with E-state index in [9.17, 15) is 14.9 Å². The molecule has 20 heavy (non-hydrogen) atoms. The predicted octanol–water partition coefficient (Wildman–Crippen LogP) is 1.87. The van der Waals surface area contributed by atoms with Crippen molar-refractivity contribution in [2.24, 2.45) is 5.92 Å². The van der Waals surface area contributed by atoms with Crippen LogP contribution in [0.4, 0.5) is 5.00 Å². The molecule has 108 valence electrons. The summed E-state index contributed by atoms with van der Waals surface area (Å²) in [5, 5.41) is 13.7. The second-order valence-corrected chi connectivity index (χ2v) is 6.57. The Kier molecular flexibility index (Phi) is 3.47. The molecule has 4 rings (SSSR count). The molecule has 1 N–H and O–H groups in total. The predicted molar refractivity (Wildman–Crippen MR) is 76.0 cm³/mol. The summed E-state index contributed by atoms with van der Waals surface area (Å²) in [7, 11) is 0. The molecular formula is C13H17N3O3S. The van der Waals surface area contributed by atoms with Crippen LogP contribution in [0.2, 0.25) is 0 Å². The summed E-state index contributed by atoms with van der Waals surface area (Å²) in [6.07, 6.45) is 2.25. The van der Waals surface area contributed by atoms with Crippen LogP contribution in [0.15, 0.2) is 12.1 Å². The van der Waals surface area contributed by atoms with Gasteiger partial charge in [-0.05, 0) is 44.8 Å². The Labute approximate surface area is 120 Å². The van der Waals surface area contributed by atoms with Crippen molar-refractivity contribution in [3.8, 4) is 0 Å². The van der Waals surface area contributed by atoms with Crippen LogP contribution in [-0.4, -0.2) is 40.9 Å². The first-order chi connectivity index (χ1) is 9.56. The third kappa shape index (κ3) is 2.31. The zero-order valence-electron chi connectivity index (χ0n) is 11.2. The van der Waals surface area contributed by atoms with Gasteiger partial charge in [-0.3, -0.25) is 19.8 Å². The molecule has 3 saturated heterocycles. The Morgan fingerprint density at radius 2 is 2.15 bits per heavy atom. The summed E-state index contributed by atoms with van der Waals surface area (Å²) >= 11 is 0.934. The molecule has 3 aliphatic heterocycles. The Hall–Kier alpha value is -1.47. The van der Waals surface area contributed by atoms with Crippen LogP contribution in [0.5, 0.6) is 0 Å². The highest BCUT2D eigenvalue weighted by atomic mass is 32.1. The van der Waals surface area contributed by atoms with Gasteiger partial charge in [0.2, 0.25) is 0 Å². The number of carbonyl (C=O) groups is 1. The lowest BCUT2D eigenvalue weighted by Crippen LogP contribution is -2.62. The van der Waals surface area contributed by atoms with Crippen LogP contribution < -0.4 is 5.32 Å². The van der Waals surface area contributed by atoms with E-state index in [1.807, 2.05) is 0 Å². The third-order valence-electron chi connectivity index (χ3n) is 4.47. The summed E-state index contributed by atoms with van der Waals surface area (Å²) in [5.41, 5.74) is 0. The highest BCUT2D eigenvalue weighted by Gasteiger charge is 2.40. The largest absolute Gasteiger partial charge is 0.347 e. The van der Waals surface area contributed by atoms with E-state index in [0.717, 1.165) is 37.3 Å². The van der Waals surface area contributed by atoms with Gasteiger partial charge >= 0.3 is 5.00 Å². The second-order valence-electron chi connectivity index (χ2n) is 5.51. The topological polar surface area (TPSA) is 75.5 Å². The monoisotopic (exact) mass is 296 g/mol. The number of nitrogens with one attached hydrogen (secondary N) is 1. The van der Waals surface area contributed by atoms with E-state index >= 15 is 0 Å². The Morgan fingerprint density at radius 1 is 1.45 bits per heavy atom. The zero-order valence-corrected chi connectivity index (χ0v) is 12.1. The Balaban J connectivity index is 1.70. The minimum absolute atomic E-state index is 0.0112. The number of hydrogen-bond donors (Lipinski definition) is 1. The van der Waals surface area contributed by atoms with E-state index in [2.05, 4.69) is 17.1 Å². The lowest BCUT2D eigenvalue weighted by molar-refractivity contribution is -0.380. The fraction of sp³-hybridized carbons (Fsp3) is 0.615. The molecule has 7 heteroatoms. The van der Waals surface area contributed by atoms with Crippen LogP contribution in [-0.2, 0) is 0 Å². The van der Waals surface area contributed by atoms with Gasteiger partial charge in [-0.2, -0.15) is 0 Å². The quantitative estimate of drug-likeness (QED) is 0.525. The summed E-state index contributed by atoms with van der Waals surface area (Å²) in [6.45, 7) is 4.37. The van der Waals surface area contributed by atoms with Gasteiger partial charge in [0.15, 0.2) is 0 Å². The molecule has 1 aromatic heterocycles. The highest BCUT2D eigenvalue weighted by Crippen LogP contribution is 2.32. The number of carbonyl (C=O) groups excluding carboxylic acids is 1. The molecule has 6 nitrogen and oxygen atoms in total.